The number of nitrogens with zero attached hydrogens (tertiary/aromatic N) is 2. The minimum atomic E-state index is 0.268. The number of ether oxygens (including phenoxy) is 1. The smallest absolute Gasteiger partial charge is 0.222 e. The van der Waals surface area contributed by atoms with Crippen LogP contribution in [0.15, 0.2) is 29.3 Å². The van der Waals surface area contributed by atoms with Crippen LogP contribution >= 0.6 is 0 Å². The molecule has 1 aliphatic heterocycles. The number of aliphatic imine (C=N–C) groups is 1. The Bertz CT molecular complexity index is 669. The second-order valence-electron chi connectivity index (χ2n) is 8.08. The van der Waals surface area contributed by atoms with Gasteiger partial charge >= 0.3 is 0 Å². The molecule has 2 aliphatic rings. The number of carbonyl (C=O) groups is 1. The summed E-state index contributed by atoms with van der Waals surface area (Å²) >= 11 is 0. The van der Waals surface area contributed by atoms with Gasteiger partial charge in [0.15, 0.2) is 5.96 Å². The number of hydrogen-bond donors (Lipinski definition) is 2. The van der Waals surface area contributed by atoms with E-state index in [4.69, 9.17) is 4.74 Å². The van der Waals surface area contributed by atoms with Gasteiger partial charge in [0.1, 0.15) is 0 Å². The molecule has 0 radical (unpaired) electrons. The largest absolute Gasteiger partial charge is 0.376 e. The Morgan fingerprint density at radius 1 is 1.14 bits per heavy atom. The number of hydrogen-bond acceptors (Lipinski definition) is 3. The predicted octanol–water partition coefficient (Wildman–Crippen LogP) is 3.21. The van der Waals surface area contributed by atoms with Gasteiger partial charge in [-0.2, -0.15) is 0 Å². The standard InChI is InChI=1S/C23H36N4O2/c1-24-23(25-13-15-29-21-10-4-2-3-5-11-21)26-17-19-8-6-9-20(16-19)18-27-14-7-12-22(27)28/h6,8-9,16,21H,2-5,7,10-15,17-18H2,1H3,(H2,24,25,26). The highest BCUT2D eigenvalue weighted by Gasteiger charge is 2.19. The van der Waals surface area contributed by atoms with E-state index < -0.39 is 0 Å². The summed E-state index contributed by atoms with van der Waals surface area (Å²) in [6, 6.07) is 8.42. The lowest BCUT2D eigenvalue weighted by Gasteiger charge is -2.17. The number of amides is 1. The van der Waals surface area contributed by atoms with E-state index >= 15 is 0 Å². The lowest BCUT2D eigenvalue weighted by Crippen LogP contribution is -2.39. The minimum Gasteiger partial charge on any atom is -0.376 e. The summed E-state index contributed by atoms with van der Waals surface area (Å²) in [7, 11) is 1.79. The van der Waals surface area contributed by atoms with Crippen LogP contribution in [-0.4, -0.2) is 49.6 Å². The number of benzene rings is 1. The maximum absolute atomic E-state index is 11.8. The number of rotatable bonds is 8. The topological polar surface area (TPSA) is 66.0 Å². The van der Waals surface area contributed by atoms with Crippen LogP contribution < -0.4 is 10.6 Å². The molecule has 0 atom stereocenters. The molecule has 1 heterocycles. The van der Waals surface area contributed by atoms with Gasteiger partial charge < -0.3 is 20.3 Å². The van der Waals surface area contributed by atoms with Gasteiger partial charge in [-0.3, -0.25) is 9.79 Å². The first-order valence-electron chi connectivity index (χ1n) is 11.2. The zero-order valence-electron chi connectivity index (χ0n) is 17.8. The molecule has 0 aromatic heterocycles. The first-order chi connectivity index (χ1) is 14.2. The Kier molecular flexibility index (Phi) is 8.81. The monoisotopic (exact) mass is 400 g/mol. The van der Waals surface area contributed by atoms with Crippen molar-refractivity contribution in [1.82, 2.24) is 15.5 Å². The Morgan fingerprint density at radius 3 is 2.66 bits per heavy atom. The van der Waals surface area contributed by atoms with Crippen LogP contribution in [0.5, 0.6) is 0 Å². The van der Waals surface area contributed by atoms with Gasteiger partial charge in [-0.1, -0.05) is 49.9 Å². The third-order valence-electron chi connectivity index (χ3n) is 5.77. The molecular formula is C23H36N4O2. The molecular weight excluding hydrogens is 364 g/mol. The van der Waals surface area contributed by atoms with Crippen molar-refractivity contribution in [2.45, 2.75) is 70.6 Å². The van der Waals surface area contributed by atoms with Crippen molar-refractivity contribution in [3.63, 3.8) is 0 Å². The van der Waals surface area contributed by atoms with Crippen LogP contribution in [0.3, 0.4) is 0 Å². The molecule has 0 bridgehead atoms. The van der Waals surface area contributed by atoms with E-state index in [0.717, 1.165) is 25.5 Å². The van der Waals surface area contributed by atoms with Crippen molar-refractivity contribution in [2.75, 3.05) is 26.7 Å². The van der Waals surface area contributed by atoms with Crippen LogP contribution in [0.4, 0.5) is 0 Å². The molecule has 1 amide bonds. The van der Waals surface area contributed by atoms with E-state index in [1.807, 2.05) is 4.90 Å². The zero-order valence-corrected chi connectivity index (χ0v) is 17.8. The normalized spacial score (nSPS) is 18.7. The first kappa shape index (κ1) is 21.6. The highest BCUT2D eigenvalue weighted by Crippen LogP contribution is 2.19. The predicted molar refractivity (Wildman–Crippen MR) is 117 cm³/mol. The van der Waals surface area contributed by atoms with Crippen molar-refractivity contribution in [3.05, 3.63) is 35.4 Å². The number of guanidine groups is 1. The quantitative estimate of drug-likeness (QED) is 0.304. The van der Waals surface area contributed by atoms with Gasteiger partial charge in [-0.15, -0.1) is 0 Å². The van der Waals surface area contributed by atoms with Crippen molar-refractivity contribution in [3.8, 4) is 0 Å². The Balaban J connectivity index is 1.37. The number of likely N-dealkylation sites (tertiary alicyclic amines) is 1. The summed E-state index contributed by atoms with van der Waals surface area (Å²) in [6.07, 6.45) is 9.80. The fourth-order valence-corrected chi connectivity index (χ4v) is 4.14. The Hall–Kier alpha value is -2.08. The van der Waals surface area contributed by atoms with Crippen LogP contribution in [0.25, 0.3) is 0 Å². The fourth-order valence-electron chi connectivity index (χ4n) is 4.14. The molecule has 1 saturated carbocycles. The Labute approximate surface area is 175 Å². The highest BCUT2D eigenvalue weighted by molar-refractivity contribution is 5.79. The summed E-state index contributed by atoms with van der Waals surface area (Å²) in [4.78, 5) is 18.1. The SMILES string of the molecule is CN=C(NCCOC1CCCCCC1)NCc1cccc(CN2CCCC2=O)c1. The second kappa shape index (κ2) is 11.8. The molecule has 29 heavy (non-hydrogen) atoms. The molecule has 1 aromatic carbocycles. The van der Waals surface area contributed by atoms with E-state index in [0.29, 0.717) is 32.2 Å². The van der Waals surface area contributed by atoms with Gasteiger partial charge in [0.05, 0.1) is 12.7 Å². The minimum absolute atomic E-state index is 0.268. The van der Waals surface area contributed by atoms with Gasteiger partial charge in [0, 0.05) is 39.6 Å². The third kappa shape index (κ3) is 7.35. The van der Waals surface area contributed by atoms with Gasteiger partial charge in [0.2, 0.25) is 5.91 Å². The van der Waals surface area contributed by atoms with E-state index in [2.05, 4.69) is 39.9 Å². The van der Waals surface area contributed by atoms with Gasteiger partial charge in [-0.05, 0) is 30.4 Å². The van der Waals surface area contributed by atoms with Gasteiger partial charge in [-0.25, -0.2) is 0 Å². The fraction of sp³-hybridized carbons (Fsp3) is 0.652. The molecule has 2 N–H and O–H groups in total. The molecule has 1 saturated heterocycles. The van der Waals surface area contributed by atoms with Gasteiger partial charge in [0.25, 0.3) is 0 Å². The van der Waals surface area contributed by atoms with E-state index in [9.17, 15) is 4.79 Å². The molecule has 3 rings (SSSR count). The third-order valence-corrected chi connectivity index (χ3v) is 5.77. The van der Waals surface area contributed by atoms with E-state index in [1.54, 1.807) is 7.05 Å². The van der Waals surface area contributed by atoms with Crippen LogP contribution in [0, 0.1) is 0 Å². The maximum Gasteiger partial charge on any atom is 0.222 e. The average Bonchev–Trinajstić information content (AvgIpc) is 2.97. The average molecular weight is 401 g/mol. The summed E-state index contributed by atoms with van der Waals surface area (Å²) < 4.78 is 6.03. The summed E-state index contributed by atoms with van der Waals surface area (Å²) in [5.74, 6) is 1.05. The molecule has 2 fully saturated rings. The molecule has 0 unspecified atom stereocenters. The maximum atomic E-state index is 11.8. The molecule has 1 aromatic rings. The second-order valence-corrected chi connectivity index (χ2v) is 8.08. The van der Waals surface area contributed by atoms with Crippen LogP contribution in [0.1, 0.15) is 62.5 Å². The van der Waals surface area contributed by atoms with Crippen molar-refractivity contribution >= 4 is 11.9 Å². The van der Waals surface area contributed by atoms with Crippen molar-refractivity contribution in [2.24, 2.45) is 4.99 Å². The lowest BCUT2D eigenvalue weighted by molar-refractivity contribution is -0.128. The first-order valence-corrected chi connectivity index (χ1v) is 11.2. The summed E-state index contributed by atoms with van der Waals surface area (Å²) in [5.41, 5.74) is 2.37. The molecule has 1 aliphatic carbocycles. The number of nitrogens with one attached hydrogen (secondary N) is 2. The molecule has 0 spiro atoms. The highest BCUT2D eigenvalue weighted by atomic mass is 16.5. The molecule has 160 valence electrons. The van der Waals surface area contributed by atoms with Crippen LogP contribution in [-0.2, 0) is 22.6 Å². The van der Waals surface area contributed by atoms with E-state index in [-0.39, 0.29) is 5.91 Å². The number of carbonyl (C=O) groups excluding carboxylic acids is 1. The zero-order chi connectivity index (χ0) is 20.3. The Morgan fingerprint density at radius 2 is 1.93 bits per heavy atom. The van der Waals surface area contributed by atoms with Crippen molar-refractivity contribution in [1.29, 1.82) is 0 Å². The van der Waals surface area contributed by atoms with E-state index in [1.165, 1.54) is 49.7 Å². The lowest BCUT2D eigenvalue weighted by atomic mass is 10.1. The molecule has 6 nitrogen and oxygen atoms in total. The van der Waals surface area contributed by atoms with Crippen molar-refractivity contribution < 1.29 is 9.53 Å². The summed E-state index contributed by atoms with van der Waals surface area (Å²) in [5, 5.41) is 6.70. The van der Waals surface area contributed by atoms with Crippen LogP contribution in [0.2, 0.25) is 0 Å². The summed E-state index contributed by atoms with van der Waals surface area (Å²) in [6.45, 7) is 3.75. The molecule has 6 heteroatoms.